The standard InChI is InChI=1S/C31H30F5N3O4/c1-2-4-19(16-39-17-24-26(38-39)13-12-23(29(24)41)30(42)37-18-31(34,35)36)5-3-6-27(40)20-7-10-22(11-8-20)43-28-14-9-21(32)15-25(28)33/h7-15,17,19,41H,2-6,16,18H2,1H3,(H,37,42). The van der Waals surface area contributed by atoms with E-state index in [2.05, 4.69) is 5.10 Å². The van der Waals surface area contributed by atoms with E-state index in [-0.39, 0.29) is 28.4 Å². The van der Waals surface area contributed by atoms with Gasteiger partial charge in [-0.25, -0.2) is 8.78 Å². The molecule has 228 valence electrons. The summed E-state index contributed by atoms with van der Waals surface area (Å²) in [5.41, 5.74) is 0.592. The largest absolute Gasteiger partial charge is 0.506 e. The highest BCUT2D eigenvalue weighted by atomic mass is 19.4. The molecule has 0 saturated carbocycles. The van der Waals surface area contributed by atoms with Crippen molar-refractivity contribution in [1.29, 1.82) is 0 Å². The third-order valence-corrected chi connectivity index (χ3v) is 6.86. The first-order valence-corrected chi connectivity index (χ1v) is 13.7. The van der Waals surface area contributed by atoms with Crippen LogP contribution in [0.1, 0.15) is 59.7 Å². The molecule has 0 bridgehead atoms. The zero-order valence-corrected chi connectivity index (χ0v) is 23.3. The van der Waals surface area contributed by atoms with Crippen molar-refractivity contribution >= 4 is 22.6 Å². The van der Waals surface area contributed by atoms with Gasteiger partial charge in [0.25, 0.3) is 5.91 Å². The SMILES string of the molecule is CCCC(CCCC(=O)c1ccc(Oc2ccc(F)cc2F)cc1)Cn1cc2c(O)c(C(=O)NCC(F)(F)F)ccc2n1. The van der Waals surface area contributed by atoms with Crippen LogP contribution in [0, 0.1) is 17.6 Å². The van der Waals surface area contributed by atoms with Crippen LogP contribution in [0.3, 0.4) is 0 Å². The molecule has 4 rings (SSSR count). The van der Waals surface area contributed by atoms with E-state index in [9.17, 15) is 36.6 Å². The van der Waals surface area contributed by atoms with Crippen LogP contribution in [-0.2, 0) is 6.54 Å². The molecule has 1 heterocycles. The Hall–Kier alpha value is -4.48. The maximum Gasteiger partial charge on any atom is 0.405 e. The Morgan fingerprint density at radius 1 is 1.05 bits per heavy atom. The second-order valence-electron chi connectivity index (χ2n) is 10.2. The summed E-state index contributed by atoms with van der Waals surface area (Å²) in [7, 11) is 0. The van der Waals surface area contributed by atoms with E-state index in [1.807, 2.05) is 6.92 Å². The molecule has 0 aliphatic rings. The number of hydrogen-bond donors (Lipinski definition) is 2. The second kappa shape index (κ2) is 13.7. The smallest absolute Gasteiger partial charge is 0.405 e. The molecule has 0 fully saturated rings. The lowest BCUT2D eigenvalue weighted by Crippen LogP contribution is -2.33. The molecule has 12 heteroatoms. The Labute approximate surface area is 244 Å². The summed E-state index contributed by atoms with van der Waals surface area (Å²) in [4.78, 5) is 24.9. The predicted molar refractivity (Wildman–Crippen MR) is 149 cm³/mol. The number of rotatable bonds is 13. The summed E-state index contributed by atoms with van der Waals surface area (Å²) < 4.78 is 71.4. The number of nitrogens with one attached hydrogen (secondary N) is 1. The number of amides is 1. The molecule has 2 N–H and O–H groups in total. The van der Waals surface area contributed by atoms with E-state index in [1.54, 1.807) is 40.5 Å². The number of Topliss-reactive ketones (excluding diaryl/α,β-unsaturated/α-hetero) is 1. The zero-order chi connectivity index (χ0) is 31.1. The van der Waals surface area contributed by atoms with Gasteiger partial charge in [0.1, 0.15) is 23.9 Å². The second-order valence-corrected chi connectivity index (χ2v) is 10.2. The van der Waals surface area contributed by atoms with Gasteiger partial charge in [0.05, 0.1) is 16.5 Å². The Balaban J connectivity index is 1.33. The Bertz CT molecular complexity index is 1590. The first kappa shape index (κ1) is 31.5. The summed E-state index contributed by atoms with van der Waals surface area (Å²) in [5, 5.41) is 17.0. The van der Waals surface area contributed by atoms with Crippen molar-refractivity contribution in [3.8, 4) is 17.2 Å². The first-order valence-electron chi connectivity index (χ1n) is 13.7. The van der Waals surface area contributed by atoms with E-state index in [1.165, 1.54) is 18.2 Å². The minimum atomic E-state index is -4.58. The predicted octanol–water partition coefficient (Wildman–Crippen LogP) is 7.57. The minimum absolute atomic E-state index is 0.0687. The monoisotopic (exact) mass is 603 g/mol. The molecule has 0 spiro atoms. The van der Waals surface area contributed by atoms with Crippen LogP contribution >= 0.6 is 0 Å². The number of hydrogen-bond acceptors (Lipinski definition) is 5. The lowest BCUT2D eigenvalue weighted by Gasteiger charge is -2.16. The van der Waals surface area contributed by atoms with Crippen LogP contribution in [0.5, 0.6) is 17.2 Å². The van der Waals surface area contributed by atoms with Crippen LogP contribution in [0.4, 0.5) is 22.0 Å². The van der Waals surface area contributed by atoms with E-state index >= 15 is 0 Å². The van der Waals surface area contributed by atoms with E-state index < -0.39 is 36.0 Å². The Morgan fingerprint density at radius 2 is 1.79 bits per heavy atom. The van der Waals surface area contributed by atoms with Gasteiger partial charge in [0.15, 0.2) is 17.3 Å². The van der Waals surface area contributed by atoms with Gasteiger partial charge in [0.2, 0.25) is 0 Å². The molecule has 1 unspecified atom stereocenters. The van der Waals surface area contributed by atoms with Crippen molar-refractivity contribution in [1.82, 2.24) is 15.1 Å². The van der Waals surface area contributed by atoms with Crippen LogP contribution in [0.2, 0.25) is 0 Å². The summed E-state index contributed by atoms with van der Waals surface area (Å²) >= 11 is 0. The van der Waals surface area contributed by atoms with Crippen molar-refractivity contribution in [2.75, 3.05) is 6.54 Å². The number of benzene rings is 3. The van der Waals surface area contributed by atoms with Crippen LogP contribution in [-0.4, -0.2) is 39.3 Å². The van der Waals surface area contributed by atoms with Crippen molar-refractivity contribution in [3.63, 3.8) is 0 Å². The van der Waals surface area contributed by atoms with Crippen molar-refractivity contribution < 1.29 is 41.4 Å². The highest BCUT2D eigenvalue weighted by Crippen LogP contribution is 2.30. The maximum absolute atomic E-state index is 13.8. The van der Waals surface area contributed by atoms with Crippen molar-refractivity contribution in [2.45, 2.75) is 51.7 Å². The molecular weight excluding hydrogens is 573 g/mol. The number of alkyl halides is 3. The number of phenolic OH excluding ortho intramolecular Hbond substituents is 1. The average molecular weight is 604 g/mol. The summed E-state index contributed by atoms with van der Waals surface area (Å²) in [6.07, 6.45) is 0.353. The molecule has 1 aromatic heterocycles. The molecule has 0 aliphatic carbocycles. The van der Waals surface area contributed by atoms with Crippen molar-refractivity contribution in [2.24, 2.45) is 5.92 Å². The highest BCUT2D eigenvalue weighted by Gasteiger charge is 2.28. The zero-order valence-electron chi connectivity index (χ0n) is 23.3. The molecule has 0 aliphatic heterocycles. The van der Waals surface area contributed by atoms with Crippen LogP contribution < -0.4 is 10.1 Å². The van der Waals surface area contributed by atoms with Gasteiger partial charge in [-0.3, -0.25) is 14.3 Å². The fourth-order valence-electron chi connectivity index (χ4n) is 4.77. The molecular formula is C31H30F5N3O4. The number of nitrogens with zero attached hydrogens (tertiary/aromatic N) is 2. The number of fused-ring (bicyclic) bond motifs is 1. The fraction of sp³-hybridized carbons (Fsp3) is 0.323. The summed E-state index contributed by atoms with van der Waals surface area (Å²) in [6.45, 7) is 1.01. The number of phenols is 1. The number of halogens is 5. The number of carbonyl (C=O) groups excluding carboxylic acids is 2. The topological polar surface area (TPSA) is 93.5 Å². The number of ketones is 1. The highest BCUT2D eigenvalue weighted by molar-refractivity contribution is 6.02. The molecule has 1 amide bonds. The Kier molecular flexibility index (Phi) is 9.99. The van der Waals surface area contributed by atoms with Gasteiger partial charge >= 0.3 is 6.18 Å². The van der Waals surface area contributed by atoms with Gasteiger partial charge in [0, 0.05) is 30.8 Å². The molecule has 0 saturated heterocycles. The number of aromatic nitrogens is 2. The van der Waals surface area contributed by atoms with Gasteiger partial charge in [-0.1, -0.05) is 13.3 Å². The molecule has 7 nitrogen and oxygen atoms in total. The molecule has 43 heavy (non-hydrogen) atoms. The summed E-state index contributed by atoms with van der Waals surface area (Å²) in [5.74, 6) is -2.77. The number of aromatic hydroxyl groups is 1. The number of carbonyl (C=O) groups is 2. The average Bonchev–Trinajstić information content (AvgIpc) is 3.37. The first-order chi connectivity index (χ1) is 20.4. The van der Waals surface area contributed by atoms with Crippen molar-refractivity contribution in [3.05, 3.63) is 83.6 Å². The number of ether oxygens (including phenoxy) is 1. The van der Waals surface area contributed by atoms with Gasteiger partial charge in [-0.15, -0.1) is 0 Å². The van der Waals surface area contributed by atoms with E-state index in [0.29, 0.717) is 36.2 Å². The molecule has 4 aromatic rings. The van der Waals surface area contributed by atoms with Gasteiger partial charge < -0.3 is 15.2 Å². The Morgan fingerprint density at radius 3 is 2.47 bits per heavy atom. The fourth-order valence-corrected chi connectivity index (χ4v) is 4.77. The lowest BCUT2D eigenvalue weighted by molar-refractivity contribution is -0.123. The minimum Gasteiger partial charge on any atom is -0.506 e. The van der Waals surface area contributed by atoms with Crippen LogP contribution in [0.15, 0.2) is 60.8 Å². The summed E-state index contributed by atoms with van der Waals surface area (Å²) in [6, 6.07) is 11.9. The maximum atomic E-state index is 13.8. The van der Waals surface area contributed by atoms with Crippen LogP contribution in [0.25, 0.3) is 10.9 Å². The molecule has 3 aromatic carbocycles. The third-order valence-electron chi connectivity index (χ3n) is 6.86. The van der Waals surface area contributed by atoms with Gasteiger partial charge in [-0.2, -0.15) is 18.3 Å². The normalized spacial score (nSPS) is 12.3. The van der Waals surface area contributed by atoms with Gasteiger partial charge in [-0.05, 0) is 73.7 Å². The molecule has 1 atom stereocenters. The third kappa shape index (κ3) is 8.52. The quantitative estimate of drug-likeness (QED) is 0.121. The lowest BCUT2D eigenvalue weighted by atomic mass is 9.95. The van der Waals surface area contributed by atoms with E-state index in [4.69, 9.17) is 4.74 Å². The molecule has 0 radical (unpaired) electrons. The van der Waals surface area contributed by atoms with E-state index in [0.717, 1.165) is 31.4 Å².